The number of benzene rings is 1. The lowest BCUT2D eigenvalue weighted by atomic mass is 10.1. The van der Waals surface area contributed by atoms with Crippen LogP contribution in [0.5, 0.6) is 0 Å². The largest absolute Gasteiger partial charge is 0.479 e. The first kappa shape index (κ1) is 18.0. The van der Waals surface area contributed by atoms with Gasteiger partial charge in [0, 0.05) is 6.26 Å². The molecule has 0 heterocycles. The van der Waals surface area contributed by atoms with Crippen LogP contribution in [-0.4, -0.2) is 37.4 Å². The minimum atomic E-state index is -3.37. The molecule has 1 unspecified atom stereocenters. The van der Waals surface area contributed by atoms with Crippen molar-refractivity contribution in [1.29, 1.82) is 0 Å². The Labute approximate surface area is 129 Å². The standard InChI is InChI=1S/C14H19NO6S/c1-14(2,3)21-13(18)15-11(12(16)17)9-5-7-10(8-6-9)22(4,19)20/h5-8,11H,1-4H3,(H,15,18)(H,16,17). The number of hydrogen-bond acceptors (Lipinski definition) is 5. The molecular formula is C14H19NO6S. The maximum Gasteiger partial charge on any atom is 0.408 e. The molecule has 0 aliphatic rings. The maximum atomic E-state index is 11.7. The lowest BCUT2D eigenvalue weighted by molar-refractivity contribution is -0.139. The van der Waals surface area contributed by atoms with Crippen molar-refractivity contribution in [2.75, 3.05) is 6.26 Å². The molecule has 22 heavy (non-hydrogen) atoms. The highest BCUT2D eigenvalue weighted by Gasteiger charge is 2.25. The predicted octanol–water partition coefficient (Wildman–Crippen LogP) is 1.74. The summed E-state index contributed by atoms with van der Waals surface area (Å²) in [7, 11) is -3.37. The van der Waals surface area contributed by atoms with Gasteiger partial charge >= 0.3 is 12.1 Å². The molecule has 0 radical (unpaired) electrons. The molecule has 0 aliphatic heterocycles. The first-order valence-corrected chi connectivity index (χ1v) is 8.31. The summed E-state index contributed by atoms with van der Waals surface area (Å²) in [6, 6.07) is 3.93. The van der Waals surface area contributed by atoms with Gasteiger partial charge in [-0.25, -0.2) is 18.0 Å². The highest BCUT2D eigenvalue weighted by molar-refractivity contribution is 7.90. The summed E-state index contributed by atoms with van der Waals surface area (Å²) in [6.07, 6.45) is 0.183. The molecule has 0 aromatic heterocycles. The van der Waals surface area contributed by atoms with E-state index < -0.39 is 33.5 Å². The molecule has 122 valence electrons. The fourth-order valence-electron chi connectivity index (χ4n) is 1.62. The monoisotopic (exact) mass is 329 g/mol. The van der Waals surface area contributed by atoms with Crippen LogP contribution in [0.1, 0.15) is 32.4 Å². The molecule has 1 rings (SSSR count). The third kappa shape index (κ3) is 5.36. The molecular weight excluding hydrogens is 310 g/mol. The second-order valence-electron chi connectivity index (χ2n) is 5.76. The van der Waals surface area contributed by atoms with E-state index in [0.29, 0.717) is 0 Å². The van der Waals surface area contributed by atoms with Crippen LogP contribution < -0.4 is 5.32 Å². The van der Waals surface area contributed by atoms with Crippen molar-refractivity contribution in [3.8, 4) is 0 Å². The zero-order chi connectivity index (χ0) is 17.1. The Bertz CT molecular complexity index is 658. The van der Waals surface area contributed by atoms with Crippen LogP contribution in [0.2, 0.25) is 0 Å². The van der Waals surface area contributed by atoms with Gasteiger partial charge in [0.1, 0.15) is 5.60 Å². The van der Waals surface area contributed by atoms with Gasteiger partial charge < -0.3 is 15.2 Å². The number of carbonyl (C=O) groups excluding carboxylic acids is 1. The van der Waals surface area contributed by atoms with Crippen molar-refractivity contribution in [2.45, 2.75) is 37.3 Å². The van der Waals surface area contributed by atoms with Gasteiger partial charge in [-0.2, -0.15) is 0 Å². The summed E-state index contributed by atoms with van der Waals surface area (Å²) < 4.78 is 27.8. The topological polar surface area (TPSA) is 110 Å². The molecule has 0 saturated heterocycles. The van der Waals surface area contributed by atoms with E-state index in [1.807, 2.05) is 0 Å². The van der Waals surface area contributed by atoms with Gasteiger partial charge in [-0.15, -0.1) is 0 Å². The average molecular weight is 329 g/mol. The van der Waals surface area contributed by atoms with Gasteiger partial charge in [-0.3, -0.25) is 0 Å². The number of alkyl carbamates (subject to hydrolysis) is 1. The first-order valence-electron chi connectivity index (χ1n) is 6.42. The van der Waals surface area contributed by atoms with E-state index in [1.165, 1.54) is 24.3 Å². The van der Waals surface area contributed by atoms with Crippen molar-refractivity contribution < 1.29 is 27.9 Å². The predicted molar refractivity (Wildman–Crippen MR) is 79.3 cm³/mol. The summed E-state index contributed by atoms with van der Waals surface area (Å²) in [5.41, 5.74) is -0.515. The number of nitrogens with one attached hydrogen (secondary N) is 1. The lowest BCUT2D eigenvalue weighted by Gasteiger charge is -2.22. The van der Waals surface area contributed by atoms with E-state index in [0.717, 1.165) is 6.26 Å². The van der Waals surface area contributed by atoms with E-state index >= 15 is 0 Å². The Morgan fingerprint density at radius 3 is 2.05 bits per heavy atom. The van der Waals surface area contributed by atoms with E-state index in [1.54, 1.807) is 20.8 Å². The Morgan fingerprint density at radius 2 is 1.68 bits per heavy atom. The number of carbonyl (C=O) groups is 2. The molecule has 1 amide bonds. The molecule has 0 spiro atoms. The summed E-state index contributed by atoms with van der Waals surface area (Å²) in [5, 5.41) is 11.5. The van der Waals surface area contributed by atoms with Gasteiger partial charge in [0.15, 0.2) is 15.9 Å². The van der Waals surface area contributed by atoms with Crippen molar-refractivity contribution in [3.05, 3.63) is 29.8 Å². The number of hydrogen-bond donors (Lipinski definition) is 2. The molecule has 0 aliphatic carbocycles. The van der Waals surface area contributed by atoms with E-state index in [2.05, 4.69) is 5.32 Å². The van der Waals surface area contributed by atoms with Crippen molar-refractivity contribution in [1.82, 2.24) is 5.32 Å². The third-order valence-corrected chi connectivity index (χ3v) is 3.68. The number of amides is 1. The second-order valence-corrected chi connectivity index (χ2v) is 7.77. The number of ether oxygens (including phenoxy) is 1. The highest BCUT2D eigenvalue weighted by Crippen LogP contribution is 2.18. The van der Waals surface area contributed by atoms with Crippen LogP contribution in [0, 0.1) is 0 Å². The fourth-order valence-corrected chi connectivity index (χ4v) is 2.25. The Balaban J connectivity index is 2.97. The van der Waals surface area contributed by atoms with Gasteiger partial charge in [0.2, 0.25) is 0 Å². The highest BCUT2D eigenvalue weighted by atomic mass is 32.2. The number of rotatable bonds is 4. The second kappa shape index (κ2) is 6.35. The number of aliphatic carboxylic acids is 1. The van der Waals surface area contributed by atoms with Crippen LogP contribution >= 0.6 is 0 Å². The van der Waals surface area contributed by atoms with Crippen LogP contribution in [0.15, 0.2) is 29.2 Å². The van der Waals surface area contributed by atoms with E-state index in [-0.39, 0.29) is 10.5 Å². The zero-order valence-electron chi connectivity index (χ0n) is 12.8. The first-order chi connectivity index (χ1) is 9.90. The molecule has 1 aromatic carbocycles. The molecule has 0 fully saturated rings. The Morgan fingerprint density at radius 1 is 1.18 bits per heavy atom. The number of carboxylic acid groups (broad SMARTS) is 1. The zero-order valence-corrected chi connectivity index (χ0v) is 13.6. The lowest BCUT2D eigenvalue weighted by Crippen LogP contribution is -2.38. The smallest absolute Gasteiger partial charge is 0.408 e. The van der Waals surface area contributed by atoms with Crippen LogP contribution in [0.3, 0.4) is 0 Å². The molecule has 0 saturated carbocycles. The summed E-state index contributed by atoms with van der Waals surface area (Å²) in [4.78, 5) is 23.0. The van der Waals surface area contributed by atoms with Gasteiger partial charge in [0.05, 0.1) is 4.90 Å². The van der Waals surface area contributed by atoms with Crippen LogP contribution in [0.25, 0.3) is 0 Å². The van der Waals surface area contributed by atoms with Gasteiger partial charge in [-0.1, -0.05) is 12.1 Å². The molecule has 8 heteroatoms. The summed E-state index contributed by atoms with van der Waals surface area (Å²) in [6.45, 7) is 4.97. The normalized spacial score (nSPS) is 13.3. The van der Waals surface area contributed by atoms with Crippen LogP contribution in [0.4, 0.5) is 4.79 Å². The molecule has 1 atom stereocenters. The van der Waals surface area contributed by atoms with Gasteiger partial charge in [-0.05, 0) is 38.5 Å². The Hall–Kier alpha value is -2.09. The molecule has 7 nitrogen and oxygen atoms in total. The van der Waals surface area contributed by atoms with Gasteiger partial charge in [0.25, 0.3) is 0 Å². The van der Waals surface area contributed by atoms with E-state index in [4.69, 9.17) is 4.74 Å². The Kier molecular flexibility index (Phi) is 5.18. The third-order valence-electron chi connectivity index (χ3n) is 2.55. The van der Waals surface area contributed by atoms with Crippen molar-refractivity contribution in [3.63, 3.8) is 0 Å². The molecule has 0 bridgehead atoms. The molecule has 1 aromatic rings. The molecule has 2 N–H and O–H groups in total. The summed E-state index contributed by atoms with van der Waals surface area (Å²) >= 11 is 0. The number of carboxylic acids is 1. The van der Waals surface area contributed by atoms with Crippen molar-refractivity contribution in [2.24, 2.45) is 0 Å². The summed E-state index contributed by atoms with van der Waals surface area (Å²) in [5.74, 6) is -1.28. The minimum Gasteiger partial charge on any atom is -0.479 e. The minimum absolute atomic E-state index is 0.0673. The fraction of sp³-hybridized carbons (Fsp3) is 0.429. The number of sulfone groups is 1. The van der Waals surface area contributed by atoms with Crippen molar-refractivity contribution >= 4 is 21.9 Å². The SMILES string of the molecule is CC(C)(C)OC(=O)NC(C(=O)O)c1ccc(S(C)(=O)=O)cc1. The van der Waals surface area contributed by atoms with Crippen LogP contribution in [-0.2, 0) is 19.4 Å². The maximum absolute atomic E-state index is 11.7. The van der Waals surface area contributed by atoms with E-state index in [9.17, 15) is 23.1 Å². The quantitative estimate of drug-likeness (QED) is 0.870. The average Bonchev–Trinajstić information content (AvgIpc) is 2.32.